The third-order valence-electron chi connectivity index (χ3n) is 4.25. The molecule has 2 N–H and O–H groups in total. The Morgan fingerprint density at radius 1 is 0.654 bits per heavy atom. The molecule has 4 rings (SSSR count). The average molecular weight is 338 g/mol. The van der Waals surface area contributed by atoms with E-state index >= 15 is 0 Å². The second-order valence-electron chi connectivity index (χ2n) is 6.02. The van der Waals surface area contributed by atoms with Crippen LogP contribution in [0.25, 0.3) is 22.5 Å². The van der Waals surface area contributed by atoms with Crippen LogP contribution in [0.2, 0.25) is 0 Å². The van der Waals surface area contributed by atoms with Crippen LogP contribution in [0.5, 0.6) is 0 Å². The molecule has 0 fully saturated rings. The largest absolute Gasteiger partial charge is 0.368 e. The third-order valence-corrected chi connectivity index (χ3v) is 4.25. The number of anilines is 1. The summed E-state index contributed by atoms with van der Waals surface area (Å²) in [7, 11) is 0. The van der Waals surface area contributed by atoms with Gasteiger partial charge in [-0.3, -0.25) is 4.98 Å². The van der Waals surface area contributed by atoms with Gasteiger partial charge in [-0.25, -0.2) is 9.97 Å². The van der Waals surface area contributed by atoms with Crippen molar-refractivity contribution in [2.75, 3.05) is 5.73 Å². The molecule has 0 radical (unpaired) electrons. The Morgan fingerprint density at radius 2 is 1.19 bits per heavy atom. The highest BCUT2D eigenvalue weighted by atomic mass is 15.0. The Balaban J connectivity index is 1.95. The molecule has 0 aliphatic rings. The zero-order valence-corrected chi connectivity index (χ0v) is 14.2. The Kier molecular flexibility index (Phi) is 4.39. The van der Waals surface area contributed by atoms with Crippen LogP contribution in [-0.2, 0) is 6.42 Å². The van der Waals surface area contributed by atoms with Gasteiger partial charge in [0.1, 0.15) is 0 Å². The minimum atomic E-state index is 0.271. The van der Waals surface area contributed by atoms with Crippen molar-refractivity contribution >= 4 is 5.95 Å². The molecule has 2 heterocycles. The summed E-state index contributed by atoms with van der Waals surface area (Å²) in [6.45, 7) is 0. The number of pyridine rings is 1. The number of hydrogen-bond acceptors (Lipinski definition) is 4. The van der Waals surface area contributed by atoms with Crippen LogP contribution in [0.3, 0.4) is 0 Å². The molecule has 0 saturated heterocycles. The SMILES string of the molecule is Nc1nc(-c2ccccc2)c(Cc2ccccc2)c(-c2ccncc2)n1. The monoisotopic (exact) mass is 338 g/mol. The molecule has 2 aromatic heterocycles. The van der Waals surface area contributed by atoms with Gasteiger partial charge in [0.25, 0.3) is 0 Å². The number of nitrogens with two attached hydrogens (primary N) is 1. The van der Waals surface area contributed by atoms with Gasteiger partial charge in [0.2, 0.25) is 5.95 Å². The fourth-order valence-corrected chi connectivity index (χ4v) is 3.05. The summed E-state index contributed by atoms with van der Waals surface area (Å²) in [5.74, 6) is 0.271. The van der Waals surface area contributed by atoms with Crippen molar-refractivity contribution < 1.29 is 0 Å². The van der Waals surface area contributed by atoms with Gasteiger partial charge in [-0.1, -0.05) is 60.7 Å². The molecule has 0 atom stereocenters. The molecular formula is C22H18N4. The second kappa shape index (κ2) is 7.15. The van der Waals surface area contributed by atoms with Gasteiger partial charge in [-0.05, 0) is 17.7 Å². The topological polar surface area (TPSA) is 64.7 Å². The van der Waals surface area contributed by atoms with Crippen molar-refractivity contribution in [3.8, 4) is 22.5 Å². The molecular weight excluding hydrogens is 320 g/mol. The summed E-state index contributed by atoms with van der Waals surface area (Å²) in [5.41, 5.74) is 12.1. The fourth-order valence-electron chi connectivity index (χ4n) is 3.05. The van der Waals surface area contributed by atoms with Crippen LogP contribution >= 0.6 is 0 Å². The highest BCUT2D eigenvalue weighted by Gasteiger charge is 2.17. The maximum Gasteiger partial charge on any atom is 0.221 e. The number of aromatic nitrogens is 3. The van der Waals surface area contributed by atoms with Crippen LogP contribution in [0.1, 0.15) is 11.1 Å². The molecule has 2 aromatic carbocycles. The van der Waals surface area contributed by atoms with Gasteiger partial charge >= 0.3 is 0 Å². The van der Waals surface area contributed by atoms with Crippen molar-refractivity contribution in [2.45, 2.75) is 6.42 Å². The maximum absolute atomic E-state index is 6.06. The van der Waals surface area contributed by atoms with E-state index in [2.05, 4.69) is 27.1 Å². The number of rotatable bonds is 4. The van der Waals surface area contributed by atoms with Crippen LogP contribution in [-0.4, -0.2) is 15.0 Å². The fraction of sp³-hybridized carbons (Fsp3) is 0.0455. The minimum Gasteiger partial charge on any atom is -0.368 e. The first-order valence-electron chi connectivity index (χ1n) is 8.47. The zero-order valence-electron chi connectivity index (χ0n) is 14.2. The summed E-state index contributed by atoms with van der Waals surface area (Å²) in [4.78, 5) is 13.3. The molecule has 126 valence electrons. The Hall–Kier alpha value is -3.53. The lowest BCUT2D eigenvalue weighted by molar-refractivity contribution is 1.09. The molecule has 0 amide bonds. The van der Waals surface area contributed by atoms with E-state index in [1.165, 1.54) is 5.56 Å². The van der Waals surface area contributed by atoms with E-state index in [0.717, 1.165) is 34.5 Å². The first-order valence-corrected chi connectivity index (χ1v) is 8.47. The molecule has 0 bridgehead atoms. The lowest BCUT2D eigenvalue weighted by Crippen LogP contribution is -2.06. The predicted octanol–water partition coefficient (Wildman–Crippen LogP) is 4.38. The molecule has 4 aromatic rings. The van der Waals surface area contributed by atoms with E-state index in [4.69, 9.17) is 5.73 Å². The predicted molar refractivity (Wildman–Crippen MR) is 104 cm³/mol. The average Bonchev–Trinajstić information content (AvgIpc) is 2.71. The first-order chi connectivity index (χ1) is 12.8. The van der Waals surface area contributed by atoms with Crippen molar-refractivity contribution in [3.05, 3.63) is 96.3 Å². The molecule has 0 saturated carbocycles. The molecule has 0 aliphatic carbocycles. The van der Waals surface area contributed by atoms with E-state index in [9.17, 15) is 0 Å². The standard InChI is InChI=1S/C22H18N4/c23-22-25-20(17-9-5-2-6-10-17)19(15-16-7-3-1-4-8-16)21(26-22)18-11-13-24-14-12-18/h1-14H,15H2,(H2,23,25,26). The highest BCUT2D eigenvalue weighted by Crippen LogP contribution is 2.32. The van der Waals surface area contributed by atoms with E-state index in [1.54, 1.807) is 12.4 Å². The molecule has 0 aliphatic heterocycles. The molecule has 0 spiro atoms. The molecule has 4 nitrogen and oxygen atoms in total. The van der Waals surface area contributed by atoms with E-state index in [-0.39, 0.29) is 5.95 Å². The van der Waals surface area contributed by atoms with E-state index in [1.807, 2.05) is 60.7 Å². The van der Waals surface area contributed by atoms with Gasteiger partial charge in [-0.2, -0.15) is 0 Å². The Morgan fingerprint density at radius 3 is 1.81 bits per heavy atom. The zero-order chi connectivity index (χ0) is 17.8. The number of nitrogens with zero attached hydrogens (tertiary/aromatic N) is 3. The quantitative estimate of drug-likeness (QED) is 0.600. The van der Waals surface area contributed by atoms with Crippen LogP contribution in [0.4, 0.5) is 5.95 Å². The third kappa shape index (κ3) is 3.30. The molecule has 26 heavy (non-hydrogen) atoms. The van der Waals surface area contributed by atoms with Crippen molar-refractivity contribution in [3.63, 3.8) is 0 Å². The van der Waals surface area contributed by atoms with Crippen LogP contribution < -0.4 is 5.73 Å². The van der Waals surface area contributed by atoms with E-state index < -0.39 is 0 Å². The van der Waals surface area contributed by atoms with Crippen LogP contribution in [0, 0.1) is 0 Å². The number of nitrogen functional groups attached to an aromatic ring is 1. The lowest BCUT2D eigenvalue weighted by Gasteiger charge is -2.15. The van der Waals surface area contributed by atoms with Gasteiger partial charge in [0.15, 0.2) is 0 Å². The lowest BCUT2D eigenvalue weighted by atomic mass is 9.95. The smallest absolute Gasteiger partial charge is 0.221 e. The summed E-state index contributed by atoms with van der Waals surface area (Å²) < 4.78 is 0. The van der Waals surface area contributed by atoms with Crippen LogP contribution in [0.15, 0.2) is 85.2 Å². The first kappa shape index (κ1) is 16.0. The van der Waals surface area contributed by atoms with Crippen molar-refractivity contribution in [1.82, 2.24) is 15.0 Å². The number of benzene rings is 2. The van der Waals surface area contributed by atoms with Gasteiger partial charge in [-0.15, -0.1) is 0 Å². The highest BCUT2D eigenvalue weighted by molar-refractivity contribution is 5.75. The van der Waals surface area contributed by atoms with E-state index in [0.29, 0.717) is 0 Å². The maximum atomic E-state index is 6.06. The summed E-state index contributed by atoms with van der Waals surface area (Å²) in [5, 5.41) is 0. The normalized spacial score (nSPS) is 10.6. The molecule has 4 heteroatoms. The Bertz CT molecular complexity index is 939. The Labute approximate surface area is 152 Å². The van der Waals surface area contributed by atoms with Gasteiger partial charge < -0.3 is 5.73 Å². The van der Waals surface area contributed by atoms with Gasteiger partial charge in [0.05, 0.1) is 11.4 Å². The van der Waals surface area contributed by atoms with Crippen molar-refractivity contribution in [2.24, 2.45) is 0 Å². The summed E-state index contributed by atoms with van der Waals surface area (Å²) in [6.07, 6.45) is 4.26. The number of hydrogen-bond donors (Lipinski definition) is 1. The summed E-state index contributed by atoms with van der Waals surface area (Å²) >= 11 is 0. The second-order valence-corrected chi connectivity index (χ2v) is 6.02. The van der Waals surface area contributed by atoms with Gasteiger partial charge in [0, 0.05) is 35.5 Å². The minimum absolute atomic E-state index is 0.271. The summed E-state index contributed by atoms with van der Waals surface area (Å²) in [6, 6.07) is 24.3. The molecule has 0 unspecified atom stereocenters. The van der Waals surface area contributed by atoms with Crippen molar-refractivity contribution in [1.29, 1.82) is 0 Å².